The van der Waals surface area contributed by atoms with Crippen LogP contribution < -0.4 is 44.9 Å². The molecule has 1 aromatic carbocycles. The molecular weight excluding hydrogens is 662 g/mol. The number of H-pyrrole nitrogens is 1. The van der Waals surface area contributed by atoms with E-state index in [4.69, 9.17) is 33.4 Å². The summed E-state index contributed by atoms with van der Waals surface area (Å²) in [6, 6.07) is 1.51. The molecule has 0 aliphatic carbocycles. The molecule has 13 N–H and O–H groups in total. The highest BCUT2D eigenvalue weighted by atomic mass is 16.6. The number of aromatic amines is 1. The number of amides is 3. The second-order valence-corrected chi connectivity index (χ2v) is 10.7. The highest BCUT2D eigenvalue weighted by molar-refractivity contribution is 5.99. The number of primary amides is 2. The minimum Gasteiger partial charge on any atom is -0.392 e. The molecule has 3 atom stereocenters. The molecule has 266 valence electrons. The SMILES string of the molecule is NC(=O)CC[C@H](N)C(=O)OC(=O)CC[C@H](NC(=O)c1ccc(NCc2cnc3nc(N)[nH]c(=O)c3n2)cc1)C(=O)OC(=O)[C@@H](N)CCC(N)=O. The monoisotopic (exact) mass is 697 g/mol. The molecule has 3 aromatic rings. The fourth-order valence-corrected chi connectivity index (χ4v) is 4.06. The van der Waals surface area contributed by atoms with Gasteiger partial charge in [0.2, 0.25) is 17.8 Å². The van der Waals surface area contributed by atoms with Crippen LogP contribution in [0.5, 0.6) is 0 Å². The van der Waals surface area contributed by atoms with Crippen molar-refractivity contribution in [2.24, 2.45) is 22.9 Å². The number of ether oxygens (including phenoxy) is 2. The van der Waals surface area contributed by atoms with E-state index in [0.717, 1.165) is 0 Å². The van der Waals surface area contributed by atoms with Crippen molar-refractivity contribution in [3.63, 3.8) is 0 Å². The Bertz CT molecular complexity index is 1830. The molecule has 0 saturated carbocycles. The van der Waals surface area contributed by atoms with Crippen molar-refractivity contribution in [2.45, 2.75) is 63.2 Å². The van der Waals surface area contributed by atoms with E-state index < -0.39 is 78.1 Å². The Kier molecular flexibility index (Phi) is 13.5. The molecule has 0 fully saturated rings. The molecule has 0 spiro atoms. The molecule has 3 rings (SSSR count). The summed E-state index contributed by atoms with van der Waals surface area (Å²) < 4.78 is 9.42. The predicted molar refractivity (Wildman–Crippen MR) is 172 cm³/mol. The maximum Gasteiger partial charge on any atom is 0.336 e. The zero-order chi connectivity index (χ0) is 37.0. The lowest BCUT2D eigenvalue weighted by molar-refractivity contribution is -0.162. The zero-order valence-electron chi connectivity index (χ0n) is 26.4. The summed E-state index contributed by atoms with van der Waals surface area (Å²) >= 11 is 0. The number of nitrogens with two attached hydrogens (primary N) is 5. The topological polar surface area (TPSA) is 364 Å². The molecule has 0 aliphatic heterocycles. The molecule has 21 nitrogen and oxygen atoms in total. The van der Waals surface area contributed by atoms with E-state index in [-0.39, 0.29) is 54.9 Å². The van der Waals surface area contributed by atoms with Crippen molar-refractivity contribution in [3.05, 3.63) is 52.1 Å². The standard InChI is InChI=1S/C29H35N11O10/c30-16(5-8-19(32)41)26(46)49-21(43)10-7-18(28(48)50-27(47)17(31)6-9-20(33)42)38-24(44)13-1-3-14(4-2-13)35-11-15-12-36-23-22(37-15)25(45)40-29(34)39-23/h1-4,12,16-18,35H,5-11,30-31H2,(H2,32,41)(H2,33,42)(H,38,44)(H3,34,36,39,40,45)/t16-,17-,18-/m0/s1. The first-order valence-corrected chi connectivity index (χ1v) is 14.9. The number of carbonyl (C=O) groups excluding carboxylic acids is 7. The third-order valence-electron chi connectivity index (χ3n) is 6.76. The fourth-order valence-electron chi connectivity index (χ4n) is 4.06. The first-order chi connectivity index (χ1) is 23.6. The molecule has 2 heterocycles. The number of hydrogen-bond acceptors (Lipinski definition) is 17. The number of fused-ring (bicyclic) bond motifs is 1. The largest absolute Gasteiger partial charge is 0.392 e. The second kappa shape index (κ2) is 17.7. The van der Waals surface area contributed by atoms with E-state index >= 15 is 0 Å². The quantitative estimate of drug-likeness (QED) is 0.0518. The molecule has 0 aliphatic rings. The Hall–Kier alpha value is -6.35. The van der Waals surface area contributed by atoms with Crippen LogP contribution in [0.25, 0.3) is 11.2 Å². The Morgan fingerprint density at radius 3 is 2.00 bits per heavy atom. The number of nitrogens with one attached hydrogen (secondary N) is 3. The van der Waals surface area contributed by atoms with Crippen LogP contribution in [0.4, 0.5) is 11.6 Å². The van der Waals surface area contributed by atoms with Gasteiger partial charge in [-0.3, -0.25) is 29.0 Å². The van der Waals surface area contributed by atoms with E-state index in [0.29, 0.717) is 11.4 Å². The van der Waals surface area contributed by atoms with Gasteiger partial charge in [0.05, 0.1) is 18.4 Å². The van der Waals surface area contributed by atoms with Gasteiger partial charge in [0.15, 0.2) is 11.2 Å². The van der Waals surface area contributed by atoms with E-state index in [9.17, 15) is 38.4 Å². The van der Waals surface area contributed by atoms with Crippen LogP contribution in [0.3, 0.4) is 0 Å². The third-order valence-corrected chi connectivity index (χ3v) is 6.76. The summed E-state index contributed by atoms with van der Waals surface area (Å²) in [4.78, 5) is 111. The lowest BCUT2D eigenvalue weighted by atomic mass is 10.1. The average Bonchev–Trinajstić information content (AvgIpc) is 3.06. The van der Waals surface area contributed by atoms with Gasteiger partial charge in [0.1, 0.15) is 18.1 Å². The van der Waals surface area contributed by atoms with E-state index in [2.05, 4.69) is 35.3 Å². The van der Waals surface area contributed by atoms with Crippen molar-refractivity contribution in [1.29, 1.82) is 0 Å². The Morgan fingerprint density at radius 2 is 1.40 bits per heavy atom. The number of benzene rings is 1. The number of hydrogen-bond donors (Lipinski definition) is 8. The molecular formula is C29H35N11O10. The van der Waals surface area contributed by atoms with Crippen molar-refractivity contribution in [2.75, 3.05) is 11.1 Å². The third kappa shape index (κ3) is 11.7. The lowest BCUT2D eigenvalue weighted by Gasteiger charge is -2.18. The first-order valence-electron chi connectivity index (χ1n) is 14.9. The molecule has 0 saturated heterocycles. The van der Waals surface area contributed by atoms with Crippen molar-refractivity contribution < 1.29 is 43.0 Å². The number of aromatic nitrogens is 4. The first kappa shape index (κ1) is 38.1. The smallest absolute Gasteiger partial charge is 0.336 e. The second-order valence-electron chi connectivity index (χ2n) is 10.7. The lowest BCUT2D eigenvalue weighted by Crippen LogP contribution is -2.45. The minimum absolute atomic E-state index is 0.00316. The molecule has 50 heavy (non-hydrogen) atoms. The van der Waals surface area contributed by atoms with Gasteiger partial charge in [0, 0.05) is 30.5 Å². The Balaban J connectivity index is 1.65. The normalized spacial score (nSPS) is 12.6. The minimum atomic E-state index is -1.61. The summed E-state index contributed by atoms with van der Waals surface area (Å²) in [5.41, 5.74) is 27.3. The summed E-state index contributed by atoms with van der Waals surface area (Å²) in [6.07, 6.45) is -0.596. The summed E-state index contributed by atoms with van der Waals surface area (Å²) in [6.45, 7) is 0.135. The van der Waals surface area contributed by atoms with Crippen LogP contribution in [0.1, 0.15) is 54.6 Å². The van der Waals surface area contributed by atoms with Gasteiger partial charge in [-0.25, -0.2) is 24.4 Å². The number of esters is 4. The van der Waals surface area contributed by atoms with Crippen LogP contribution in [0.15, 0.2) is 35.3 Å². The van der Waals surface area contributed by atoms with Crippen molar-refractivity contribution in [1.82, 2.24) is 25.3 Å². The number of carbonyl (C=O) groups is 7. The van der Waals surface area contributed by atoms with E-state index in [1.807, 2.05) is 0 Å². The van der Waals surface area contributed by atoms with Gasteiger partial charge < -0.3 is 48.8 Å². The summed E-state index contributed by atoms with van der Waals surface area (Å²) in [5, 5.41) is 5.41. The number of rotatable bonds is 17. The zero-order valence-corrected chi connectivity index (χ0v) is 26.4. The van der Waals surface area contributed by atoms with Gasteiger partial charge in [-0.15, -0.1) is 0 Å². The molecule has 21 heteroatoms. The van der Waals surface area contributed by atoms with Gasteiger partial charge in [-0.05, 0) is 43.5 Å². The van der Waals surface area contributed by atoms with Gasteiger partial charge >= 0.3 is 23.9 Å². The predicted octanol–water partition coefficient (Wildman–Crippen LogP) is -2.89. The number of nitrogen functional groups attached to an aromatic ring is 1. The fraction of sp³-hybridized carbons (Fsp3) is 0.345. The Labute approximate surface area is 282 Å². The van der Waals surface area contributed by atoms with Crippen LogP contribution >= 0.6 is 0 Å². The molecule has 3 amide bonds. The van der Waals surface area contributed by atoms with Crippen LogP contribution in [-0.2, 0) is 44.8 Å². The maximum atomic E-state index is 13.1. The average molecular weight is 698 g/mol. The van der Waals surface area contributed by atoms with E-state index in [1.165, 1.54) is 30.5 Å². The highest BCUT2D eigenvalue weighted by Crippen LogP contribution is 2.13. The van der Waals surface area contributed by atoms with Crippen LogP contribution in [0.2, 0.25) is 0 Å². The molecule has 2 aromatic heterocycles. The van der Waals surface area contributed by atoms with Gasteiger partial charge in [-0.2, -0.15) is 4.98 Å². The van der Waals surface area contributed by atoms with E-state index in [1.54, 1.807) is 0 Å². The number of nitrogens with zero attached hydrogens (tertiary/aromatic N) is 3. The van der Waals surface area contributed by atoms with Crippen molar-refractivity contribution >= 4 is 64.4 Å². The molecule has 0 unspecified atom stereocenters. The summed E-state index contributed by atoms with van der Waals surface area (Å²) in [7, 11) is 0. The molecule has 0 bridgehead atoms. The highest BCUT2D eigenvalue weighted by Gasteiger charge is 2.29. The Morgan fingerprint density at radius 1 is 0.800 bits per heavy atom. The molecule has 0 radical (unpaired) electrons. The van der Waals surface area contributed by atoms with Gasteiger partial charge in [-0.1, -0.05) is 0 Å². The maximum absolute atomic E-state index is 13.1. The van der Waals surface area contributed by atoms with Crippen molar-refractivity contribution in [3.8, 4) is 0 Å². The summed E-state index contributed by atoms with van der Waals surface area (Å²) in [5.74, 6) is -7.15. The van der Waals surface area contributed by atoms with Crippen LogP contribution in [-0.4, -0.2) is 79.7 Å². The van der Waals surface area contributed by atoms with Crippen LogP contribution in [0, 0.1) is 0 Å². The van der Waals surface area contributed by atoms with Gasteiger partial charge in [0.25, 0.3) is 11.5 Å². The number of anilines is 2.